The molecule has 4 nitrogen and oxygen atoms in total. The highest BCUT2D eigenvalue weighted by atomic mass is 16.2. The van der Waals surface area contributed by atoms with Gasteiger partial charge in [0, 0.05) is 6.54 Å². The first-order valence-electron chi connectivity index (χ1n) is 8.18. The van der Waals surface area contributed by atoms with Gasteiger partial charge in [0.25, 0.3) is 0 Å². The van der Waals surface area contributed by atoms with Gasteiger partial charge < -0.3 is 10.2 Å². The van der Waals surface area contributed by atoms with Crippen molar-refractivity contribution in [3.05, 3.63) is 0 Å². The minimum Gasteiger partial charge on any atom is -0.342 e. The van der Waals surface area contributed by atoms with E-state index in [1.807, 2.05) is 4.90 Å². The lowest BCUT2D eigenvalue weighted by atomic mass is 9.99. The third-order valence-corrected chi connectivity index (χ3v) is 4.79. The van der Waals surface area contributed by atoms with Gasteiger partial charge in [-0.2, -0.15) is 0 Å². The van der Waals surface area contributed by atoms with Crippen LogP contribution in [0.2, 0.25) is 0 Å². The average Bonchev–Trinajstić information content (AvgIpc) is 3.25. The van der Waals surface area contributed by atoms with Gasteiger partial charge in [-0.3, -0.25) is 9.59 Å². The SMILES string of the molecule is CC(C)CCCN1C(=O)C(C2CC2)NC(=O)C1C1CC1. The third kappa shape index (κ3) is 2.84. The highest BCUT2D eigenvalue weighted by Crippen LogP contribution is 2.40. The standard InChI is InChI=1S/C16H26N2O2/c1-10(2)4-3-9-18-14(12-7-8-12)15(19)17-13(16(18)20)11-5-6-11/h10-14H,3-9H2,1-2H3,(H,17,19). The summed E-state index contributed by atoms with van der Waals surface area (Å²) in [5, 5.41) is 3.00. The minimum absolute atomic E-state index is 0.105. The Kier molecular flexibility index (Phi) is 3.74. The molecule has 112 valence electrons. The highest BCUT2D eigenvalue weighted by Gasteiger charge is 2.50. The summed E-state index contributed by atoms with van der Waals surface area (Å²) in [6, 6.07) is -0.402. The molecule has 2 atom stereocenters. The fourth-order valence-corrected chi connectivity index (χ4v) is 3.31. The van der Waals surface area contributed by atoms with Gasteiger partial charge in [-0.15, -0.1) is 0 Å². The van der Waals surface area contributed by atoms with Crippen LogP contribution in [0.25, 0.3) is 0 Å². The monoisotopic (exact) mass is 278 g/mol. The van der Waals surface area contributed by atoms with Gasteiger partial charge in [-0.05, 0) is 56.3 Å². The summed E-state index contributed by atoms with van der Waals surface area (Å²) in [5.74, 6) is 1.76. The van der Waals surface area contributed by atoms with Gasteiger partial charge >= 0.3 is 0 Å². The molecule has 2 unspecified atom stereocenters. The summed E-state index contributed by atoms with van der Waals surface area (Å²) < 4.78 is 0. The van der Waals surface area contributed by atoms with Gasteiger partial charge in [0.05, 0.1) is 0 Å². The molecule has 1 aliphatic heterocycles. The maximum atomic E-state index is 12.7. The molecule has 2 aliphatic carbocycles. The van der Waals surface area contributed by atoms with E-state index < -0.39 is 0 Å². The second-order valence-corrected chi connectivity index (χ2v) is 7.17. The molecule has 3 rings (SSSR count). The number of nitrogens with one attached hydrogen (secondary N) is 1. The summed E-state index contributed by atoms with van der Waals surface area (Å²) in [4.78, 5) is 27.0. The number of amides is 2. The lowest BCUT2D eigenvalue weighted by Crippen LogP contribution is -2.64. The number of hydrogen-bond donors (Lipinski definition) is 1. The minimum atomic E-state index is -0.225. The van der Waals surface area contributed by atoms with Gasteiger partial charge in [0.15, 0.2) is 0 Å². The molecule has 0 aromatic carbocycles. The predicted octanol–water partition coefficient (Wildman–Crippen LogP) is 1.94. The topological polar surface area (TPSA) is 49.4 Å². The number of rotatable bonds is 6. The summed E-state index contributed by atoms with van der Waals surface area (Å²) in [5.41, 5.74) is 0. The van der Waals surface area contributed by atoms with Crippen LogP contribution in [-0.2, 0) is 9.59 Å². The van der Waals surface area contributed by atoms with Crippen LogP contribution in [0.15, 0.2) is 0 Å². The van der Waals surface area contributed by atoms with Crippen molar-refractivity contribution in [2.45, 2.75) is 64.5 Å². The molecule has 0 aromatic rings. The molecule has 3 aliphatic rings. The summed E-state index contributed by atoms with van der Waals surface area (Å²) in [7, 11) is 0. The maximum Gasteiger partial charge on any atom is 0.246 e. The van der Waals surface area contributed by atoms with Gasteiger partial charge in [0.2, 0.25) is 11.8 Å². The van der Waals surface area contributed by atoms with Crippen LogP contribution in [0.5, 0.6) is 0 Å². The van der Waals surface area contributed by atoms with E-state index in [1.165, 1.54) is 0 Å². The van der Waals surface area contributed by atoms with Gasteiger partial charge in [-0.1, -0.05) is 13.8 Å². The second-order valence-electron chi connectivity index (χ2n) is 7.17. The predicted molar refractivity (Wildman–Crippen MR) is 77.0 cm³/mol. The van der Waals surface area contributed by atoms with Crippen LogP contribution in [0.4, 0.5) is 0 Å². The van der Waals surface area contributed by atoms with Crippen LogP contribution in [0.1, 0.15) is 52.4 Å². The average molecular weight is 278 g/mol. The lowest BCUT2D eigenvalue weighted by Gasteiger charge is -2.39. The van der Waals surface area contributed by atoms with Crippen LogP contribution in [-0.4, -0.2) is 35.3 Å². The van der Waals surface area contributed by atoms with Crippen LogP contribution >= 0.6 is 0 Å². The van der Waals surface area contributed by atoms with E-state index in [4.69, 9.17) is 0 Å². The van der Waals surface area contributed by atoms with Gasteiger partial charge in [0.1, 0.15) is 12.1 Å². The molecule has 4 heteroatoms. The number of piperazine rings is 1. The molecule has 3 fully saturated rings. The van der Waals surface area contributed by atoms with Crippen LogP contribution in [0, 0.1) is 17.8 Å². The third-order valence-electron chi connectivity index (χ3n) is 4.79. The second kappa shape index (κ2) is 5.38. The van der Waals surface area contributed by atoms with Crippen molar-refractivity contribution >= 4 is 11.8 Å². The first kappa shape index (κ1) is 13.9. The van der Waals surface area contributed by atoms with E-state index in [1.54, 1.807) is 0 Å². The van der Waals surface area contributed by atoms with E-state index in [0.717, 1.165) is 45.1 Å². The van der Waals surface area contributed by atoms with Crippen LogP contribution in [0.3, 0.4) is 0 Å². The Labute approximate surface area is 121 Å². The molecule has 1 saturated heterocycles. The Morgan fingerprint density at radius 2 is 1.80 bits per heavy atom. The summed E-state index contributed by atoms with van der Waals surface area (Å²) in [6.45, 7) is 5.17. The summed E-state index contributed by atoms with van der Waals surface area (Å²) >= 11 is 0. The normalized spacial score (nSPS) is 30.9. The quantitative estimate of drug-likeness (QED) is 0.807. The number of hydrogen-bond acceptors (Lipinski definition) is 2. The zero-order valence-electron chi connectivity index (χ0n) is 12.6. The summed E-state index contributed by atoms with van der Waals surface area (Å²) in [6.07, 6.45) is 6.50. The maximum absolute atomic E-state index is 12.7. The Bertz CT molecular complexity index is 399. The number of carbonyl (C=O) groups excluding carboxylic acids is 2. The fourth-order valence-electron chi connectivity index (χ4n) is 3.31. The van der Waals surface area contributed by atoms with Crippen molar-refractivity contribution in [2.24, 2.45) is 17.8 Å². The van der Waals surface area contributed by atoms with Crippen LogP contribution < -0.4 is 5.32 Å². The lowest BCUT2D eigenvalue weighted by molar-refractivity contribution is -0.151. The van der Waals surface area contributed by atoms with E-state index >= 15 is 0 Å². The molecule has 2 amide bonds. The highest BCUT2D eigenvalue weighted by molar-refractivity contribution is 5.97. The van der Waals surface area contributed by atoms with Crippen molar-refractivity contribution in [3.63, 3.8) is 0 Å². The fraction of sp³-hybridized carbons (Fsp3) is 0.875. The molecule has 1 heterocycles. The number of nitrogens with zero attached hydrogens (tertiary/aromatic N) is 1. The van der Waals surface area contributed by atoms with Crippen molar-refractivity contribution in [2.75, 3.05) is 6.54 Å². The Morgan fingerprint density at radius 1 is 1.15 bits per heavy atom. The molecule has 0 aromatic heterocycles. The largest absolute Gasteiger partial charge is 0.342 e. The molecule has 20 heavy (non-hydrogen) atoms. The van der Waals surface area contributed by atoms with Crippen molar-refractivity contribution in [3.8, 4) is 0 Å². The molecule has 0 spiro atoms. The first-order valence-corrected chi connectivity index (χ1v) is 8.18. The molecular weight excluding hydrogens is 252 g/mol. The molecular formula is C16H26N2O2. The van der Waals surface area contributed by atoms with Crippen molar-refractivity contribution in [1.29, 1.82) is 0 Å². The van der Waals surface area contributed by atoms with E-state index in [2.05, 4.69) is 19.2 Å². The molecule has 0 radical (unpaired) electrons. The van der Waals surface area contributed by atoms with Gasteiger partial charge in [-0.25, -0.2) is 0 Å². The van der Waals surface area contributed by atoms with E-state index in [9.17, 15) is 9.59 Å². The Balaban J connectivity index is 1.68. The zero-order valence-corrected chi connectivity index (χ0v) is 12.6. The van der Waals surface area contributed by atoms with E-state index in [0.29, 0.717) is 17.8 Å². The number of carbonyl (C=O) groups is 2. The molecule has 1 N–H and O–H groups in total. The van der Waals surface area contributed by atoms with Crippen molar-refractivity contribution in [1.82, 2.24) is 10.2 Å². The smallest absolute Gasteiger partial charge is 0.246 e. The molecule has 2 saturated carbocycles. The zero-order chi connectivity index (χ0) is 14.3. The Hall–Kier alpha value is -1.06. The van der Waals surface area contributed by atoms with E-state index in [-0.39, 0.29) is 23.9 Å². The molecule has 0 bridgehead atoms. The Morgan fingerprint density at radius 3 is 2.35 bits per heavy atom. The van der Waals surface area contributed by atoms with Crippen molar-refractivity contribution < 1.29 is 9.59 Å². The first-order chi connectivity index (χ1) is 9.58.